The van der Waals surface area contributed by atoms with Crippen molar-refractivity contribution < 1.29 is 9.18 Å². The highest BCUT2D eigenvalue weighted by atomic mass is 79.9. The van der Waals surface area contributed by atoms with E-state index in [2.05, 4.69) is 31.5 Å². The average molecular weight is 316 g/mol. The lowest BCUT2D eigenvalue weighted by Crippen LogP contribution is -2.40. The molecule has 1 amide bonds. The monoisotopic (exact) mass is 315 g/mol. The highest BCUT2D eigenvalue weighted by Gasteiger charge is 2.23. The van der Waals surface area contributed by atoms with Crippen LogP contribution in [0, 0.1) is 0 Å². The van der Waals surface area contributed by atoms with Crippen LogP contribution in [0.5, 0.6) is 0 Å². The Labute approximate surface area is 113 Å². The molecule has 4 nitrogen and oxygen atoms in total. The van der Waals surface area contributed by atoms with Gasteiger partial charge < -0.3 is 10.6 Å². The minimum Gasteiger partial charge on any atom is -0.309 e. The molecule has 1 aromatic heterocycles. The van der Waals surface area contributed by atoms with Crippen LogP contribution in [0.2, 0.25) is 0 Å². The molecule has 1 fully saturated rings. The summed E-state index contributed by atoms with van der Waals surface area (Å²) in [7, 11) is 0. The van der Waals surface area contributed by atoms with Gasteiger partial charge in [0.15, 0.2) is 0 Å². The minimum atomic E-state index is -0.806. The average Bonchev–Trinajstić information content (AvgIpc) is 2.54. The van der Waals surface area contributed by atoms with Crippen molar-refractivity contribution in [2.75, 3.05) is 11.9 Å². The number of anilines is 1. The first-order chi connectivity index (χ1) is 8.65. The Hall–Kier alpha value is -1.01. The molecule has 0 bridgehead atoms. The molecular formula is C12H15BrFN3O. The van der Waals surface area contributed by atoms with E-state index in [9.17, 15) is 9.18 Å². The van der Waals surface area contributed by atoms with E-state index in [0.29, 0.717) is 36.2 Å². The number of pyridine rings is 1. The maximum Gasteiger partial charge on any atom is 0.242 e. The number of nitrogens with one attached hydrogen (secondary N) is 2. The van der Waals surface area contributed by atoms with Crippen molar-refractivity contribution in [1.82, 2.24) is 10.3 Å². The van der Waals surface area contributed by atoms with Gasteiger partial charge >= 0.3 is 0 Å². The fourth-order valence-electron chi connectivity index (χ4n) is 1.92. The largest absolute Gasteiger partial charge is 0.309 e. The summed E-state index contributed by atoms with van der Waals surface area (Å²) in [6.45, 7) is 0.533. The maximum atomic E-state index is 13.2. The summed E-state index contributed by atoms with van der Waals surface area (Å²) in [6, 6.07) is 4.96. The molecule has 0 aromatic carbocycles. The fraction of sp³-hybridized carbons (Fsp3) is 0.500. The number of alkyl halides is 1. The van der Waals surface area contributed by atoms with Gasteiger partial charge in [-0.25, -0.2) is 9.37 Å². The van der Waals surface area contributed by atoms with Gasteiger partial charge in [-0.2, -0.15) is 0 Å². The quantitative estimate of drug-likeness (QED) is 0.823. The summed E-state index contributed by atoms with van der Waals surface area (Å²) in [4.78, 5) is 16.1. The first-order valence-electron chi connectivity index (χ1n) is 5.96. The summed E-state index contributed by atoms with van der Waals surface area (Å²) in [6.07, 6.45) is 0.607. The van der Waals surface area contributed by atoms with E-state index in [1.807, 2.05) is 0 Å². The van der Waals surface area contributed by atoms with E-state index in [-0.39, 0.29) is 11.9 Å². The third-order valence-electron chi connectivity index (χ3n) is 2.90. The van der Waals surface area contributed by atoms with Crippen molar-refractivity contribution in [2.24, 2.45) is 0 Å². The van der Waals surface area contributed by atoms with Crippen LogP contribution in [0.1, 0.15) is 19.3 Å². The lowest BCUT2D eigenvalue weighted by atomic mass is 10.1. The molecule has 1 saturated heterocycles. The Morgan fingerprint density at radius 1 is 1.44 bits per heavy atom. The molecule has 0 radical (unpaired) electrons. The Kier molecular flexibility index (Phi) is 4.66. The number of amides is 1. The van der Waals surface area contributed by atoms with Crippen molar-refractivity contribution in [2.45, 2.75) is 31.5 Å². The first-order valence-corrected chi connectivity index (χ1v) is 6.75. The van der Waals surface area contributed by atoms with Crippen LogP contribution in [0.3, 0.4) is 0 Å². The number of aromatic nitrogens is 1. The van der Waals surface area contributed by atoms with Gasteiger partial charge in [0.05, 0.1) is 6.04 Å². The van der Waals surface area contributed by atoms with Crippen LogP contribution in [0.25, 0.3) is 0 Å². The lowest BCUT2D eigenvalue weighted by Gasteiger charge is -2.15. The van der Waals surface area contributed by atoms with Crippen molar-refractivity contribution in [1.29, 1.82) is 0 Å². The van der Waals surface area contributed by atoms with Crippen molar-refractivity contribution >= 4 is 27.7 Å². The molecule has 0 saturated carbocycles. The topological polar surface area (TPSA) is 54.0 Å². The van der Waals surface area contributed by atoms with Gasteiger partial charge in [0, 0.05) is 0 Å². The molecule has 1 aliphatic heterocycles. The molecular weight excluding hydrogens is 301 g/mol. The molecule has 0 spiro atoms. The molecule has 6 heteroatoms. The van der Waals surface area contributed by atoms with Crippen molar-refractivity contribution in [3.63, 3.8) is 0 Å². The third-order valence-corrected chi connectivity index (χ3v) is 3.34. The zero-order valence-corrected chi connectivity index (χ0v) is 11.4. The predicted octanol–water partition coefficient (Wildman–Crippen LogP) is 2.26. The number of carbonyl (C=O) groups excluding carboxylic acids is 1. The van der Waals surface area contributed by atoms with Gasteiger partial charge in [0.1, 0.15) is 16.6 Å². The second-order valence-corrected chi connectivity index (χ2v) is 5.12. The fourth-order valence-corrected chi connectivity index (χ4v) is 2.27. The van der Waals surface area contributed by atoms with Crippen LogP contribution in [-0.4, -0.2) is 29.6 Å². The molecule has 1 aliphatic rings. The number of hydrogen-bond acceptors (Lipinski definition) is 3. The van der Waals surface area contributed by atoms with Crippen LogP contribution in [-0.2, 0) is 4.79 Å². The lowest BCUT2D eigenvalue weighted by molar-refractivity contribution is -0.118. The Morgan fingerprint density at radius 3 is 3.06 bits per heavy atom. The van der Waals surface area contributed by atoms with E-state index in [0.717, 1.165) is 0 Å². The first kappa shape index (κ1) is 13.4. The van der Waals surface area contributed by atoms with Gasteiger partial charge in [0.2, 0.25) is 5.91 Å². The van der Waals surface area contributed by atoms with Crippen molar-refractivity contribution in [3.8, 4) is 0 Å². The van der Waals surface area contributed by atoms with Gasteiger partial charge in [-0.1, -0.05) is 6.07 Å². The maximum absolute atomic E-state index is 13.2. The summed E-state index contributed by atoms with van der Waals surface area (Å²) < 4.78 is 13.8. The highest BCUT2D eigenvalue weighted by Crippen LogP contribution is 2.15. The molecule has 2 rings (SSSR count). The van der Waals surface area contributed by atoms with E-state index >= 15 is 0 Å². The molecule has 2 atom stereocenters. The molecule has 18 heavy (non-hydrogen) atoms. The van der Waals surface area contributed by atoms with Crippen LogP contribution >= 0.6 is 15.9 Å². The van der Waals surface area contributed by atoms with E-state index < -0.39 is 6.17 Å². The van der Waals surface area contributed by atoms with Gasteiger partial charge in [0.25, 0.3) is 0 Å². The highest BCUT2D eigenvalue weighted by molar-refractivity contribution is 9.10. The zero-order valence-electron chi connectivity index (χ0n) is 9.83. The SMILES string of the molecule is O=C(Nc1cccc(Br)n1)C1CCC(F)CCN1. The number of nitrogens with zero attached hydrogens (tertiary/aromatic N) is 1. The molecule has 2 heterocycles. The predicted molar refractivity (Wildman–Crippen MR) is 71.1 cm³/mol. The van der Waals surface area contributed by atoms with Crippen LogP contribution < -0.4 is 10.6 Å². The molecule has 2 N–H and O–H groups in total. The summed E-state index contributed by atoms with van der Waals surface area (Å²) in [5.74, 6) is 0.340. The number of hydrogen-bond donors (Lipinski definition) is 2. The van der Waals surface area contributed by atoms with E-state index in [1.54, 1.807) is 18.2 Å². The van der Waals surface area contributed by atoms with E-state index in [4.69, 9.17) is 0 Å². The minimum absolute atomic E-state index is 0.158. The zero-order chi connectivity index (χ0) is 13.0. The van der Waals surface area contributed by atoms with Gasteiger partial charge in [-0.05, 0) is 53.9 Å². The second kappa shape index (κ2) is 6.24. The smallest absolute Gasteiger partial charge is 0.242 e. The molecule has 98 valence electrons. The molecule has 0 aliphatic carbocycles. The second-order valence-electron chi connectivity index (χ2n) is 4.30. The van der Waals surface area contributed by atoms with Crippen LogP contribution in [0.15, 0.2) is 22.8 Å². The standard InChI is InChI=1S/C12H15BrFN3O/c13-10-2-1-3-11(16-10)17-12(18)9-5-4-8(14)6-7-15-9/h1-3,8-9,15H,4-7H2,(H,16,17,18). The van der Waals surface area contributed by atoms with Crippen LogP contribution in [0.4, 0.5) is 10.2 Å². The summed E-state index contributed by atoms with van der Waals surface area (Å²) in [5, 5.41) is 5.79. The van der Waals surface area contributed by atoms with Gasteiger partial charge in [-0.15, -0.1) is 0 Å². The Bertz CT molecular complexity index is 430. The molecule has 1 aromatic rings. The van der Waals surface area contributed by atoms with Gasteiger partial charge in [-0.3, -0.25) is 4.79 Å². The summed E-state index contributed by atoms with van der Waals surface area (Å²) in [5.41, 5.74) is 0. The Morgan fingerprint density at radius 2 is 2.28 bits per heavy atom. The Balaban J connectivity index is 1.95. The normalized spacial score (nSPS) is 24.3. The third kappa shape index (κ3) is 3.74. The van der Waals surface area contributed by atoms with E-state index in [1.165, 1.54) is 0 Å². The summed E-state index contributed by atoms with van der Waals surface area (Å²) >= 11 is 3.24. The molecule has 2 unspecified atom stereocenters. The number of halogens is 2. The number of carbonyl (C=O) groups is 1. The van der Waals surface area contributed by atoms with Crippen molar-refractivity contribution in [3.05, 3.63) is 22.8 Å². The number of rotatable bonds is 2.